The summed E-state index contributed by atoms with van der Waals surface area (Å²) in [5.41, 5.74) is 1.91. The van der Waals surface area contributed by atoms with Crippen LogP contribution in [0.2, 0.25) is 0 Å². The van der Waals surface area contributed by atoms with Gasteiger partial charge in [-0.1, -0.05) is 72.6 Å². The Morgan fingerprint density at radius 1 is 1.05 bits per heavy atom. The van der Waals surface area contributed by atoms with Crippen LogP contribution in [0.4, 0.5) is 0 Å². The molecular weight excluding hydrogens is 302 g/mol. The van der Waals surface area contributed by atoms with Crippen LogP contribution in [0.1, 0.15) is 16.4 Å². The molecular formula is C16H17NO2S2. The maximum Gasteiger partial charge on any atom is 0.242 e. The Hall–Kier alpha value is -1.59. The highest BCUT2D eigenvalue weighted by atomic mass is 32.2. The molecule has 2 rings (SSSR count). The molecule has 0 radical (unpaired) electrons. The van der Waals surface area contributed by atoms with E-state index in [0.29, 0.717) is 0 Å². The molecule has 1 N–H and O–H groups in total. The Kier molecular flexibility index (Phi) is 6.02. The molecule has 21 heavy (non-hydrogen) atoms. The van der Waals surface area contributed by atoms with E-state index in [9.17, 15) is 9.00 Å². The number of carbonyl (C=O) groups is 1. The van der Waals surface area contributed by atoms with E-state index >= 15 is 0 Å². The van der Waals surface area contributed by atoms with Gasteiger partial charge in [-0.15, -0.1) is 0 Å². The third-order valence-corrected chi connectivity index (χ3v) is 5.01. The molecule has 0 heterocycles. The first-order valence-electron chi connectivity index (χ1n) is 6.51. The molecule has 1 unspecified atom stereocenters. The van der Waals surface area contributed by atoms with Gasteiger partial charge >= 0.3 is 0 Å². The van der Waals surface area contributed by atoms with Crippen molar-refractivity contribution >= 4 is 28.7 Å². The monoisotopic (exact) mass is 319 g/mol. The summed E-state index contributed by atoms with van der Waals surface area (Å²) < 4.78 is 15.3. The van der Waals surface area contributed by atoms with Gasteiger partial charge in [-0.3, -0.25) is 13.7 Å². The van der Waals surface area contributed by atoms with Crippen molar-refractivity contribution in [2.24, 2.45) is 0 Å². The lowest BCUT2D eigenvalue weighted by Gasteiger charge is -2.17. The molecule has 0 saturated heterocycles. The van der Waals surface area contributed by atoms with E-state index in [-0.39, 0.29) is 16.9 Å². The van der Waals surface area contributed by atoms with Crippen molar-refractivity contribution in [2.45, 2.75) is 5.25 Å². The molecule has 0 aliphatic heterocycles. The first kappa shape index (κ1) is 15.8. The van der Waals surface area contributed by atoms with Crippen LogP contribution < -0.4 is 4.72 Å². The Labute approximate surface area is 131 Å². The van der Waals surface area contributed by atoms with E-state index in [1.54, 1.807) is 6.26 Å². The fourth-order valence-electron chi connectivity index (χ4n) is 2.11. The highest BCUT2D eigenvalue weighted by Crippen LogP contribution is 2.28. The molecule has 1 amide bonds. The van der Waals surface area contributed by atoms with Gasteiger partial charge in [0.1, 0.15) is 5.75 Å². The minimum absolute atomic E-state index is 0.00467. The predicted molar refractivity (Wildman–Crippen MR) is 89.4 cm³/mol. The van der Waals surface area contributed by atoms with Crippen LogP contribution in [-0.4, -0.2) is 22.1 Å². The van der Waals surface area contributed by atoms with E-state index in [2.05, 4.69) is 4.72 Å². The largest absolute Gasteiger partial charge is 0.300 e. The Balaban J connectivity index is 2.29. The summed E-state index contributed by atoms with van der Waals surface area (Å²) in [5.74, 6) is -0.215. The SMILES string of the molecule is CSNC(=O)CS(=O)C(c1ccccc1)c1ccccc1. The Bertz CT molecular complexity index is 563. The topological polar surface area (TPSA) is 46.2 Å². The van der Waals surface area contributed by atoms with Gasteiger partial charge in [-0.2, -0.15) is 0 Å². The summed E-state index contributed by atoms with van der Waals surface area (Å²) in [5, 5.41) is -0.292. The highest BCUT2D eigenvalue weighted by Gasteiger charge is 2.22. The van der Waals surface area contributed by atoms with Crippen LogP contribution in [0.25, 0.3) is 0 Å². The van der Waals surface area contributed by atoms with E-state index < -0.39 is 10.8 Å². The molecule has 0 spiro atoms. The molecule has 5 heteroatoms. The summed E-state index contributed by atoms with van der Waals surface area (Å²) in [6.45, 7) is 0. The normalized spacial score (nSPS) is 12.1. The molecule has 0 saturated carbocycles. The Morgan fingerprint density at radius 3 is 1.95 bits per heavy atom. The zero-order valence-electron chi connectivity index (χ0n) is 11.7. The van der Waals surface area contributed by atoms with E-state index in [0.717, 1.165) is 11.1 Å². The van der Waals surface area contributed by atoms with E-state index in [1.165, 1.54) is 11.9 Å². The molecule has 3 nitrogen and oxygen atoms in total. The van der Waals surface area contributed by atoms with Gasteiger partial charge < -0.3 is 0 Å². The minimum Gasteiger partial charge on any atom is -0.300 e. The first-order chi connectivity index (χ1) is 10.2. The van der Waals surface area contributed by atoms with E-state index in [4.69, 9.17) is 0 Å². The quantitative estimate of drug-likeness (QED) is 0.833. The van der Waals surface area contributed by atoms with Gasteiger partial charge in [0.25, 0.3) is 0 Å². The summed E-state index contributed by atoms with van der Waals surface area (Å²) in [6, 6.07) is 19.3. The second kappa shape index (κ2) is 8.00. The van der Waals surface area contributed by atoms with Crippen LogP contribution in [0.15, 0.2) is 60.7 Å². The van der Waals surface area contributed by atoms with Crippen LogP contribution in [-0.2, 0) is 15.6 Å². The summed E-state index contributed by atoms with van der Waals surface area (Å²) in [6.07, 6.45) is 1.77. The number of nitrogens with one attached hydrogen (secondary N) is 1. The van der Waals surface area contributed by atoms with Gasteiger partial charge in [0, 0.05) is 17.1 Å². The number of benzene rings is 2. The third-order valence-electron chi connectivity index (χ3n) is 2.96. The van der Waals surface area contributed by atoms with Gasteiger partial charge in [0.15, 0.2) is 0 Å². The predicted octanol–water partition coefficient (Wildman–Crippen LogP) is 2.92. The van der Waals surface area contributed by atoms with Crippen molar-refractivity contribution in [2.75, 3.05) is 12.0 Å². The molecule has 110 valence electrons. The molecule has 1 atom stereocenters. The average Bonchev–Trinajstić information content (AvgIpc) is 2.50. The average molecular weight is 319 g/mol. The summed E-state index contributed by atoms with van der Waals surface area (Å²) >= 11 is 1.22. The van der Waals surface area contributed by atoms with Crippen LogP contribution in [0, 0.1) is 0 Å². The molecule has 0 bridgehead atoms. The summed E-state index contributed by atoms with van der Waals surface area (Å²) in [4.78, 5) is 11.7. The van der Waals surface area contributed by atoms with Crippen molar-refractivity contribution in [3.05, 3.63) is 71.8 Å². The van der Waals surface area contributed by atoms with Gasteiger partial charge in [-0.05, 0) is 11.1 Å². The molecule has 0 fully saturated rings. The molecule has 0 aliphatic carbocycles. The lowest BCUT2D eigenvalue weighted by atomic mass is 10.0. The Morgan fingerprint density at radius 2 is 1.52 bits per heavy atom. The molecule has 0 aromatic heterocycles. The fourth-order valence-corrected chi connectivity index (χ4v) is 3.92. The van der Waals surface area contributed by atoms with Crippen LogP contribution >= 0.6 is 11.9 Å². The number of hydrogen-bond donors (Lipinski definition) is 1. The smallest absolute Gasteiger partial charge is 0.242 e. The van der Waals surface area contributed by atoms with Crippen LogP contribution in [0.3, 0.4) is 0 Å². The first-order valence-corrected chi connectivity index (χ1v) is 9.12. The van der Waals surface area contributed by atoms with Crippen molar-refractivity contribution in [3.63, 3.8) is 0 Å². The zero-order chi connectivity index (χ0) is 15.1. The second-order valence-corrected chi connectivity index (χ2v) is 6.59. The number of amides is 1. The maximum absolute atomic E-state index is 12.7. The number of carbonyl (C=O) groups excluding carboxylic acids is 1. The number of rotatable bonds is 6. The van der Waals surface area contributed by atoms with Crippen molar-refractivity contribution in [1.82, 2.24) is 4.72 Å². The minimum atomic E-state index is -1.32. The summed E-state index contributed by atoms with van der Waals surface area (Å²) in [7, 11) is -1.32. The number of hydrogen-bond acceptors (Lipinski definition) is 3. The lowest BCUT2D eigenvalue weighted by molar-refractivity contribution is -0.116. The van der Waals surface area contributed by atoms with Crippen molar-refractivity contribution in [3.8, 4) is 0 Å². The van der Waals surface area contributed by atoms with Crippen molar-refractivity contribution in [1.29, 1.82) is 0 Å². The second-order valence-electron chi connectivity index (χ2n) is 4.46. The van der Waals surface area contributed by atoms with Crippen molar-refractivity contribution < 1.29 is 9.00 Å². The third kappa shape index (κ3) is 4.44. The van der Waals surface area contributed by atoms with Crippen LogP contribution in [0.5, 0.6) is 0 Å². The van der Waals surface area contributed by atoms with Gasteiger partial charge in [0.2, 0.25) is 5.91 Å². The fraction of sp³-hybridized carbons (Fsp3) is 0.188. The lowest BCUT2D eigenvalue weighted by Crippen LogP contribution is -2.25. The molecule has 2 aromatic rings. The van der Waals surface area contributed by atoms with Gasteiger partial charge in [0.05, 0.1) is 5.25 Å². The van der Waals surface area contributed by atoms with Gasteiger partial charge in [-0.25, -0.2) is 0 Å². The molecule has 2 aromatic carbocycles. The zero-order valence-corrected chi connectivity index (χ0v) is 13.3. The standard InChI is InChI=1S/C16H17NO2S2/c1-20-17-15(18)12-21(19)16(13-8-4-2-5-9-13)14-10-6-3-7-11-14/h2-11,16H,12H2,1H3,(H,17,18). The molecule has 0 aliphatic rings. The van der Waals surface area contributed by atoms with E-state index in [1.807, 2.05) is 60.7 Å². The maximum atomic E-state index is 12.7. The highest BCUT2D eigenvalue weighted by molar-refractivity contribution is 7.97.